The monoisotopic (exact) mass is 225 g/mol. The normalized spacial score (nSPS) is 29.4. The van der Waals surface area contributed by atoms with Gasteiger partial charge in [-0.05, 0) is 25.8 Å². The summed E-state index contributed by atoms with van der Waals surface area (Å²) in [5.41, 5.74) is 0. The molecule has 2 aliphatic heterocycles. The van der Waals surface area contributed by atoms with Crippen LogP contribution < -0.4 is 5.32 Å². The largest absolute Gasteiger partial charge is 0.349 e. The third-order valence-corrected chi connectivity index (χ3v) is 3.85. The maximum atomic E-state index is 11.4. The Balaban J connectivity index is 1.69. The second kappa shape index (κ2) is 5.15. The maximum Gasteiger partial charge on any atom is 0.223 e. The number of carbonyl (C=O) groups excluding carboxylic acids is 1. The number of hydrogen-bond acceptors (Lipinski definition) is 3. The van der Waals surface area contributed by atoms with Gasteiger partial charge < -0.3 is 10.2 Å². The molecule has 2 rings (SSSR count). The van der Waals surface area contributed by atoms with Crippen molar-refractivity contribution in [2.24, 2.45) is 0 Å². The van der Waals surface area contributed by atoms with E-state index in [2.05, 4.69) is 10.2 Å². The number of fused-ring (bicyclic) bond motifs is 1. The number of hydrogen-bond donors (Lipinski definition) is 1. The Morgan fingerprint density at radius 2 is 2.19 bits per heavy atom. The lowest BCUT2D eigenvalue weighted by Gasteiger charge is -2.21. The summed E-state index contributed by atoms with van der Waals surface area (Å²) in [6.07, 6.45) is 4.55. The summed E-state index contributed by atoms with van der Waals surface area (Å²) in [5, 5.41) is 3.55. The third kappa shape index (κ3) is 2.55. The first-order chi connectivity index (χ1) is 7.68. The van der Waals surface area contributed by atoms with Crippen LogP contribution in [-0.2, 0) is 4.79 Å². The molecule has 0 aromatic heterocycles. The van der Waals surface area contributed by atoms with Crippen LogP contribution in [0.3, 0.4) is 0 Å². The van der Waals surface area contributed by atoms with E-state index in [0.717, 1.165) is 12.6 Å². The lowest BCUT2D eigenvalue weighted by Crippen LogP contribution is -2.40. The minimum atomic E-state index is 0.216. The number of nitrogens with one attached hydrogen (secondary N) is 1. The van der Waals surface area contributed by atoms with Crippen molar-refractivity contribution in [3.63, 3.8) is 0 Å². The molecule has 0 radical (unpaired) electrons. The van der Waals surface area contributed by atoms with Gasteiger partial charge in [-0.25, -0.2) is 0 Å². The van der Waals surface area contributed by atoms with Crippen molar-refractivity contribution in [3.8, 4) is 0 Å². The van der Waals surface area contributed by atoms with Gasteiger partial charge in [0.2, 0.25) is 5.91 Å². The Hall–Kier alpha value is -0.610. The van der Waals surface area contributed by atoms with Crippen LogP contribution in [0.25, 0.3) is 0 Å². The highest BCUT2D eigenvalue weighted by Gasteiger charge is 2.36. The molecule has 0 spiro atoms. The van der Waals surface area contributed by atoms with E-state index >= 15 is 0 Å². The average molecular weight is 225 g/mol. The van der Waals surface area contributed by atoms with Crippen molar-refractivity contribution < 1.29 is 4.79 Å². The van der Waals surface area contributed by atoms with E-state index in [4.69, 9.17) is 0 Å². The predicted molar refractivity (Wildman–Crippen MR) is 64.3 cm³/mol. The fraction of sp³-hybridized carbons (Fsp3) is 0.917. The molecule has 0 aromatic carbocycles. The van der Waals surface area contributed by atoms with Gasteiger partial charge >= 0.3 is 0 Å². The molecule has 0 aliphatic carbocycles. The Kier molecular flexibility index (Phi) is 3.82. The summed E-state index contributed by atoms with van der Waals surface area (Å²) in [6.45, 7) is 3.34. The van der Waals surface area contributed by atoms with E-state index in [9.17, 15) is 4.79 Å². The number of rotatable bonds is 4. The van der Waals surface area contributed by atoms with E-state index < -0.39 is 0 Å². The van der Waals surface area contributed by atoms with Gasteiger partial charge in [-0.1, -0.05) is 0 Å². The number of nitrogens with zero attached hydrogens (tertiary/aromatic N) is 2. The second-order valence-corrected chi connectivity index (χ2v) is 5.13. The average Bonchev–Trinajstić information content (AvgIpc) is 2.81. The van der Waals surface area contributed by atoms with Crippen LogP contribution >= 0.6 is 0 Å². The molecular formula is C12H23N3O. The quantitative estimate of drug-likeness (QED) is 0.747. The molecule has 16 heavy (non-hydrogen) atoms. The van der Waals surface area contributed by atoms with Crippen LogP contribution in [0, 0.1) is 0 Å². The molecule has 2 unspecified atom stereocenters. The standard InChI is InChI=1S/C12H23N3O/c1-14(2)12(16)5-7-13-10-6-9-15-8-3-4-11(10)15/h10-11,13H,3-9H2,1-2H3. The second-order valence-electron chi connectivity index (χ2n) is 5.13. The maximum absolute atomic E-state index is 11.4. The summed E-state index contributed by atoms with van der Waals surface area (Å²) in [4.78, 5) is 15.7. The van der Waals surface area contributed by atoms with Crippen LogP contribution in [0.2, 0.25) is 0 Å². The molecule has 2 saturated heterocycles. The van der Waals surface area contributed by atoms with Gasteiger partial charge in [0.25, 0.3) is 0 Å². The summed E-state index contributed by atoms with van der Waals surface area (Å²) < 4.78 is 0. The number of amides is 1. The van der Waals surface area contributed by atoms with E-state index in [1.54, 1.807) is 4.90 Å². The van der Waals surface area contributed by atoms with Gasteiger partial charge in [-0.3, -0.25) is 9.69 Å². The Morgan fingerprint density at radius 1 is 1.38 bits per heavy atom. The van der Waals surface area contributed by atoms with Gasteiger partial charge in [-0.15, -0.1) is 0 Å². The van der Waals surface area contributed by atoms with E-state index in [1.807, 2.05) is 14.1 Å². The fourth-order valence-corrected chi connectivity index (χ4v) is 2.91. The smallest absolute Gasteiger partial charge is 0.223 e. The summed E-state index contributed by atoms with van der Waals surface area (Å²) in [6, 6.07) is 1.37. The van der Waals surface area contributed by atoms with Gasteiger partial charge in [0, 0.05) is 45.7 Å². The van der Waals surface area contributed by atoms with Gasteiger partial charge in [0.05, 0.1) is 0 Å². The summed E-state index contributed by atoms with van der Waals surface area (Å²) in [5.74, 6) is 0.216. The third-order valence-electron chi connectivity index (χ3n) is 3.85. The van der Waals surface area contributed by atoms with Crippen molar-refractivity contribution in [2.75, 3.05) is 33.7 Å². The lowest BCUT2D eigenvalue weighted by atomic mass is 10.1. The van der Waals surface area contributed by atoms with Crippen LogP contribution in [-0.4, -0.2) is 61.5 Å². The first-order valence-corrected chi connectivity index (χ1v) is 6.36. The molecule has 2 aliphatic rings. The Bertz CT molecular complexity index is 255. The fourth-order valence-electron chi connectivity index (χ4n) is 2.91. The molecule has 0 bridgehead atoms. The lowest BCUT2D eigenvalue weighted by molar-refractivity contribution is -0.128. The highest BCUT2D eigenvalue weighted by molar-refractivity contribution is 5.75. The van der Waals surface area contributed by atoms with E-state index in [-0.39, 0.29) is 5.91 Å². The molecule has 4 heteroatoms. The van der Waals surface area contributed by atoms with Crippen molar-refractivity contribution in [2.45, 2.75) is 37.8 Å². The highest BCUT2D eigenvalue weighted by atomic mass is 16.2. The molecular weight excluding hydrogens is 202 g/mol. The highest BCUT2D eigenvalue weighted by Crippen LogP contribution is 2.27. The minimum absolute atomic E-state index is 0.216. The molecule has 1 amide bonds. The molecule has 4 nitrogen and oxygen atoms in total. The van der Waals surface area contributed by atoms with Crippen LogP contribution in [0.1, 0.15) is 25.7 Å². The van der Waals surface area contributed by atoms with Crippen LogP contribution in [0.5, 0.6) is 0 Å². The Labute approximate surface area is 98.0 Å². The summed E-state index contributed by atoms with van der Waals surface area (Å²) in [7, 11) is 3.63. The van der Waals surface area contributed by atoms with E-state index in [1.165, 1.54) is 32.4 Å². The molecule has 92 valence electrons. The zero-order chi connectivity index (χ0) is 11.5. The van der Waals surface area contributed by atoms with E-state index in [0.29, 0.717) is 12.5 Å². The van der Waals surface area contributed by atoms with Crippen molar-refractivity contribution in [1.82, 2.24) is 15.1 Å². The number of carbonyl (C=O) groups is 1. The SMILES string of the molecule is CN(C)C(=O)CCNC1CCN2CCCC12. The van der Waals surface area contributed by atoms with Crippen molar-refractivity contribution in [3.05, 3.63) is 0 Å². The topological polar surface area (TPSA) is 35.6 Å². The zero-order valence-electron chi connectivity index (χ0n) is 10.4. The predicted octanol–water partition coefficient (Wildman–Crippen LogP) is 0.291. The molecule has 1 N–H and O–H groups in total. The van der Waals surface area contributed by atoms with Gasteiger partial charge in [0.1, 0.15) is 0 Å². The Morgan fingerprint density at radius 3 is 2.94 bits per heavy atom. The van der Waals surface area contributed by atoms with Crippen LogP contribution in [0.15, 0.2) is 0 Å². The van der Waals surface area contributed by atoms with Crippen molar-refractivity contribution >= 4 is 5.91 Å². The first-order valence-electron chi connectivity index (χ1n) is 6.36. The zero-order valence-corrected chi connectivity index (χ0v) is 10.4. The minimum Gasteiger partial charge on any atom is -0.349 e. The molecule has 0 saturated carbocycles. The van der Waals surface area contributed by atoms with Crippen LogP contribution in [0.4, 0.5) is 0 Å². The molecule has 2 fully saturated rings. The van der Waals surface area contributed by atoms with Crippen molar-refractivity contribution in [1.29, 1.82) is 0 Å². The van der Waals surface area contributed by atoms with Gasteiger partial charge in [0.15, 0.2) is 0 Å². The molecule has 2 heterocycles. The summed E-state index contributed by atoms with van der Waals surface area (Å²) >= 11 is 0. The van der Waals surface area contributed by atoms with Gasteiger partial charge in [-0.2, -0.15) is 0 Å². The molecule has 2 atom stereocenters. The molecule has 0 aromatic rings. The first kappa shape index (κ1) is 11.9.